The molecule has 0 aliphatic heterocycles. The first kappa shape index (κ1) is 12.6. The van der Waals surface area contributed by atoms with Crippen LogP contribution in [0.25, 0.3) is 0 Å². The molecule has 0 fully saturated rings. The van der Waals surface area contributed by atoms with Crippen molar-refractivity contribution in [3.8, 4) is 0 Å². The third kappa shape index (κ3) is 4.40. The molecule has 1 aromatic rings. The molecule has 0 bridgehead atoms. The van der Waals surface area contributed by atoms with Crippen molar-refractivity contribution in [2.75, 3.05) is 23.8 Å². The summed E-state index contributed by atoms with van der Waals surface area (Å²) in [6.07, 6.45) is 1.85. The predicted octanol–water partition coefficient (Wildman–Crippen LogP) is 1.92. The predicted molar refractivity (Wildman–Crippen MR) is 70.7 cm³/mol. The highest BCUT2D eigenvalue weighted by Gasteiger charge is 2.03. The van der Waals surface area contributed by atoms with Gasteiger partial charge in [0.25, 0.3) is 5.91 Å². The Morgan fingerprint density at radius 3 is 2.75 bits per heavy atom. The van der Waals surface area contributed by atoms with Crippen molar-refractivity contribution in [2.24, 2.45) is 0 Å². The molecule has 0 saturated heterocycles. The minimum Gasteiger partial charge on any atom is -0.399 e. The number of anilines is 1. The topological polar surface area (TPSA) is 55.1 Å². The molecule has 0 radical (unpaired) electrons. The van der Waals surface area contributed by atoms with E-state index >= 15 is 0 Å². The first-order valence-corrected chi connectivity index (χ1v) is 6.22. The summed E-state index contributed by atoms with van der Waals surface area (Å²) >= 11 is 1.74. The molecule has 1 rings (SSSR count). The van der Waals surface area contributed by atoms with Crippen molar-refractivity contribution in [1.29, 1.82) is 0 Å². The van der Waals surface area contributed by atoms with Crippen LogP contribution >= 0.6 is 11.8 Å². The number of benzene rings is 1. The summed E-state index contributed by atoms with van der Waals surface area (Å²) in [5.41, 5.74) is 6.84. The van der Waals surface area contributed by atoms with E-state index in [2.05, 4.69) is 11.9 Å². The Balaban J connectivity index is 2.29. The van der Waals surface area contributed by atoms with Crippen LogP contribution in [0, 0.1) is 0 Å². The highest BCUT2D eigenvalue weighted by Crippen LogP contribution is 2.05. The largest absolute Gasteiger partial charge is 0.399 e. The number of nitrogens with two attached hydrogens (primary N) is 1. The molecular formula is C12H16N2OS. The minimum absolute atomic E-state index is 0.0563. The molecule has 0 heterocycles. The number of thioether (sulfide) groups is 1. The molecule has 1 amide bonds. The number of rotatable bonds is 6. The number of amides is 1. The van der Waals surface area contributed by atoms with Gasteiger partial charge in [-0.2, -0.15) is 11.8 Å². The summed E-state index contributed by atoms with van der Waals surface area (Å²) in [6.45, 7) is 4.30. The zero-order valence-electron chi connectivity index (χ0n) is 9.11. The normalized spacial score (nSPS) is 9.75. The van der Waals surface area contributed by atoms with Gasteiger partial charge in [0, 0.05) is 29.3 Å². The third-order valence-corrected chi connectivity index (χ3v) is 2.90. The van der Waals surface area contributed by atoms with Crippen LogP contribution in [0.1, 0.15) is 10.4 Å². The molecule has 0 saturated carbocycles. The van der Waals surface area contributed by atoms with E-state index < -0.39 is 0 Å². The average Bonchev–Trinajstić information content (AvgIpc) is 2.29. The maximum atomic E-state index is 11.6. The van der Waals surface area contributed by atoms with Crippen LogP contribution in [0.4, 0.5) is 5.69 Å². The second-order valence-electron chi connectivity index (χ2n) is 3.24. The molecule has 3 N–H and O–H groups in total. The van der Waals surface area contributed by atoms with Crippen molar-refractivity contribution in [1.82, 2.24) is 5.32 Å². The molecule has 0 spiro atoms. The number of carbonyl (C=O) groups is 1. The highest BCUT2D eigenvalue weighted by molar-refractivity contribution is 7.99. The van der Waals surface area contributed by atoms with E-state index in [4.69, 9.17) is 5.73 Å². The lowest BCUT2D eigenvalue weighted by atomic mass is 10.2. The second-order valence-corrected chi connectivity index (χ2v) is 4.39. The van der Waals surface area contributed by atoms with E-state index in [1.807, 2.05) is 6.08 Å². The average molecular weight is 236 g/mol. The summed E-state index contributed by atoms with van der Waals surface area (Å²) in [4.78, 5) is 11.6. The van der Waals surface area contributed by atoms with Gasteiger partial charge >= 0.3 is 0 Å². The minimum atomic E-state index is -0.0563. The maximum absolute atomic E-state index is 11.6. The Labute approximate surface area is 100 Å². The fourth-order valence-corrected chi connectivity index (χ4v) is 1.72. The fourth-order valence-electron chi connectivity index (χ4n) is 1.14. The van der Waals surface area contributed by atoms with Gasteiger partial charge in [-0.15, -0.1) is 6.58 Å². The Morgan fingerprint density at radius 1 is 1.44 bits per heavy atom. The summed E-state index contributed by atoms with van der Waals surface area (Å²) in [7, 11) is 0. The van der Waals surface area contributed by atoms with Crippen molar-refractivity contribution < 1.29 is 4.79 Å². The van der Waals surface area contributed by atoms with Crippen molar-refractivity contribution in [2.45, 2.75) is 0 Å². The zero-order valence-corrected chi connectivity index (χ0v) is 9.93. The van der Waals surface area contributed by atoms with Crippen LogP contribution in [0.5, 0.6) is 0 Å². The van der Waals surface area contributed by atoms with Gasteiger partial charge in [-0.3, -0.25) is 4.79 Å². The smallest absolute Gasteiger partial charge is 0.251 e. The first-order valence-electron chi connectivity index (χ1n) is 5.06. The Bertz CT molecular complexity index is 349. The number of nitrogen functional groups attached to an aromatic ring is 1. The Morgan fingerprint density at radius 2 is 2.12 bits per heavy atom. The van der Waals surface area contributed by atoms with Crippen molar-refractivity contribution in [3.63, 3.8) is 0 Å². The van der Waals surface area contributed by atoms with E-state index in [1.165, 1.54) is 0 Å². The van der Waals surface area contributed by atoms with E-state index in [-0.39, 0.29) is 5.91 Å². The lowest BCUT2D eigenvalue weighted by molar-refractivity contribution is 0.0956. The van der Waals surface area contributed by atoms with E-state index in [9.17, 15) is 4.79 Å². The summed E-state index contributed by atoms with van der Waals surface area (Å²) < 4.78 is 0. The molecule has 1 aromatic carbocycles. The number of hydrogen-bond acceptors (Lipinski definition) is 3. The Kier molecular flexibility index (Phi) is 5.50. The van der Waals surface area contributed by atoms with Crippen LogP contribution in [0.3, 0.4) is 0 Å². The van der Waals surface area contributed by atoms with Crippen LogP contribution in [0.2, 0.25) is 0 Å². The van der Waals surface area contributed by atoms with Crippen LogP contribution in [-0.2, 0) is 0 Å². The molecule has 4 heteroatoms. The molecule has 0 unspecified atom stereocenters. The van der Waals surface area contributed by atoms with E-state index in [0.717, 1.165) is 11.5 Å². The quantitative estimate of drug-likeness (QED) is 0.451. The molecule has 0 atom stereocenters. The van der Waals surface area contributed by atoms with Gasteiger partial charge in [-0.05, 0) is 24.3 Å². The van der Waals surface area contributed by atoms with Gasteiger partial charge < -0.3 is 11.1 Å². The van der Waals surface area contributed by atoms with Crippen LogP contribution in [-0.4, -0.2) is 24.0 Å². The number of hydrogen-bond donors (Lipinski definition) is 2. The molecule has 0 aromatic heterocycles. The van der Waals surface area contributed by atoms with Crippen LogP contribution in [0.15, 0.2) is 36.9 Å². The first-order chi connectivity index (χ1) is 7.74. The highest BCUT2D eigenvalue weighted by atomic mass is 32.2. The molecule has 0 aliphatic rings. The molecule has 86 valence electrons. The second kappa shape index (κ2) is 6.95. The lowest BCUT2D eigenvalue weighted by Crippen LogP contribution is -2.25. The summed E-state index contributed by atoms with van der Waals surface area (Å²) in [6, 6.07) is 6.89. The maximum Gasteiger partial charge on any atom is 0.251 e. The summed E-state index contributed by atoms with van der Waals surface area (Å²) in [5.74, 6) is 1.75. The Hall–Kier alpha value is -1.42. The molecule has 0 aliphatic carbocycles. The molecular weight excluding hydrogens is 220 g/mol. The molecule has 3 nitrogen and oxygen atoms in total. The van der Waals surface area contributed by atoms with E-state index in [1.54, 1.807) is 36.0 Å². The molecule has 16 heavy (non-hydrogen) atoms. The van der Waals surface area contributed by atoms with Gasteiger partial charge in [0.05, 0.1) is 0 Å². The number of carbonyl (C=O) groups excluding carboxylic acids is 1. The monoisotopic (exact) mass is 236 g/mol. The standard InChI is InChI=1S/C12H16N2OS/c1-2-8-16-9-7-14-12(15)10-3-5-11(13)6-4-10/h2-6H,1,7-9,13H2,(H,14,15). The van der Waals surface area contributed by atoms with E-state index in [0.29, 0.717) is 17.8 Å². The van der Waals surface area contributed by atoms with Gasteiger partial charge in [-0.1, -0.05) is 6.08 Å². The van der Waals surface area contributed by atoms with Gasteiger partial charge in [0.1, 0.15) is 0 Å². The summed E-state index contributed by atoms with van der Waals surface area (Å²) in [5, 5.41) is 2.84. The fraction of sp³-hybridized carbons (Fsp3) is 0.250. The van der Waals surface area contributed by atoms with Crippen molar-refractivity contribution >= 4 is 23.4 Å². The van der Waals surface area contributed by atoms with Gasteiger partial charge in [-0.25, -0.2) is 0 Å². The van der Waals surface area contributed by atoms with Gasteiger partial charge in [0.2, 0.25) is 0 Å². The SMILES string of the molecule is C=CCSCCNC(=O)c1ccc(N)cc1. The zero-order chi connectivity index (χ0) is 11.8. The third-order valence-electron chi connectivity index (χ3n) is 1.94. The lowest BCUT2D eigenvalue weighted by Gasteiger charge is -2.04. The van der Waals surface area contributed by atoms with Crippen LogP contribution < -0.4 is 11.1 Å². The number of nitrogens with one attached hydrogen (secondary N) is 1. The van der Waals surface area contributed by atoms with Gasteiger partial charge in [0.15, 0.2) is 0 Å². The van der Waals surface area contributed by atoms with Crippen molar-refractivity contribution in [3.05, 3.63) is 42.5 Å².